The predicted octanol–water partition coefficient (Wildman–Crippen LogP) is 5.22. The molecule has 0 radical (unpaired) electrons. The van der Waals surface area contributed by atoms with Crippen molar-refractivity contribution in [1.29, 1.82) is 0 Å². The van der Waals surface area contributed by atoms with E-state index in [4.69, 9.17) is 0 Å². The molecule has 1 unspecified atom stereocenters. The van der Waals surface area contributed by atoms with Crippen LogP contribution in [0, 0.1) is 11.2 Å². The van der Waals surface area contributed by atoms with E-state index in [1.165, 1.54) is 11.6 Å². The van der Waals surface area contributed by atoms with Gasteiger partial charge >= 0.3 is 0 Å². The lowest BCUT2D eigenvalue weighted by molar-refractivity contribution is -0.118. The molecule has 0 bridgehead atoms. The summed E-state index contributed by atoms with van der Waals surface area (Å²) in [6.45, 7) is 6.40. The number of Topliss-reactive ketones (excluding diaryl/α,β-unsaturated/α-hetero) is 1. The Balaban J connectivity index is 2.04. The molecule has 0 saturated heterocycles. The van der Waals surface area contributed by atoms with Gasteiger partial charge in [0.15, 0.2) is 5.78 Å². The van der Waals surface area contributed by atoms with Crippen LogP contribution >= 0.6 is 11.3 Å². The number of carbonyl (C=O) groups is 1. The van der Waals surface area contributed by atoms with Gasteiger partial charge in [0.25, 0.3) is 0 Å². The second-order valence-electron chi connectivity index (χ2n) is 7.99. The maximum absolute atomic E-state index is 14.1. The highest BCUT2D eigenvalue weighted by Gasteiger charge is 2.50. The van der Waals surface area contributed by atoms with Gasteiger partial charge in [0.1, 0.15) is 5.82 Å². The maximum Gasteiger partial charge on any atom is 0.160 e. The number of aromatic nitrogens is 1. The highest BCUT2D eigenvalue weighted by atomic mass is 32.1. The monoisotopic (exact) mass is 355 g/mol. The zero-order valence-electron chi connectivity index (χ0n) is 14.9. The van der Waals surface area contributed by atoms with E-state index in [0.29, 0.717) is 6.42 Å². The molecule has 25 heavy (non-hydrogen) atoms. The van der Waals surface area contributed by atoms with Crippen LogP contribution in [0.4, 0.5) is 4.39 Å². The number of nitrogens with zero attached hydrogens (tertiary/aromatic N) is 1. The van der Waals surface area contributed by atoms with Gasteiger partial charge in [-0.25, -0.2) is 9.37 Å². The highest BCUT2D eigenvalue weighted by molar-refractivity contribution is 7.10. The third-order valence-corrected chi connectivity index (χ3v) is 6.68. The Labute approximate surface area is 151 Å². The molecule has 4 heteroatoms. The Morgan fingerprint density at radius 1 is 1.28 bits per heavy atom. The maximum atomic E-state index is 14.1. The van der Waals surface area contributed by atoms with Crippen molar-refractivity contribution in [2.24, 2.45) is 5.41 Å². The number of thiazole rings is 1. The Hall–Kier alpha value is -1.81. The number of halogens is 1. The quantitative estimate of drug-likeness (QED) is 0.739. The number of hydrogen-bond acceptors (Lipinski definition) is 3. The van der Waals surface area contributed by atoms with Gasteiger partial charge in [0, 0.05) is 23.3 Å². The van der Waals surface area contributed by atoms with Gasteiger partial charge in [0.2, 0.25) is 0 Å². The third kappa shape index (κ3) is 2.42. The molecule has 0 saturated carbocycles. The van der Waals surface area contributed by atoms with E-state index >= 15 is 0 Å². The van der Waals surface area contributed by atoms with Gasteiger partial charge in [-0.2, -0.15) is 0 Å². The van der Waals surface area contributed by atoms with Crippen LogP contribution in [-0.2, 0) is 16.6 Å². The summed E-state index contributed by atoms with van der Waals surface area (Å²) in [6, 6.07) is 6.76. The number of allylic oxidation sites excluding steroid dienone is 2. The van der Waals surface area contributed by atoms with Gasteiger partial charge < -0.3 is 0 Å². The Bertz CT molecular complexity index is 895. The fraction of sp³-hybridized carbons (Fsp3) is 0.429. The minimum atomic E-state index is -0.556. The predicted molar refractivity (Wildman–Crippen MR) is 98.3 cm³/mol. The van der Waals surface area contributed by atoms with Crippen LogP contribution in [0.1, 0.15) is 56.2 Å². The fourth-order valence-corrected chi connectivity index (χ4v) is 5.88. The van der Waals surface area contributed by atoms with Crippen molar-refractivity contribution in [1.82, 2.24) is 4.98 Å². The van der Waals surface area contributed by atoms with Gasteiger partial charge in [-0.05, 0) is 36.0 Å². The SMILES string of the molecule is CCC1(c2cccc(F)c2)C2=C(Cc3ncsc31)CC(C)(C)CC2=O. The van der Waals surface area contributed by atoms with Gasteiger partial charge in [-0.15, -0.1) is 11.3 Å². The molecule has 2 aliphatic rings. The lowest BCUT2D eigenvalue weighted by Gasteiger charge is -2.44. The molecule has 4 rings (SSSR count). The highest BCUT2D eigenvalue weighted by Crippen LogP contribution is 2.54. The Morgan fingerprint density at radius 2 is 2.08 bits per heavy atom. The minimum Gasteiger partial charge on any atom is -0.294 e. The Kier molecular flexibility index (Phi) is 3.73. The molecule has 0 aliphatic heterocycles. The van der Waals surface area contributed by atoms with Crippen molar-refractivity contribution >= 4 is 17.1 Å². The summed E-state index contributed by atoms with van der Waals surface area (Å²) in [5.41, 5.74) is 5.33. The van der Waals surface area contributed by atoms with Crippen LogP contribution in [0.25, 0.3) is 0 Å². The van der Waals surface area contributed by atoms with Crippen molar-refractivity contribution in [2.45, 2.75) is 51.9 Å². The molecule has 130 valence electrons. The van der Waals surface area contributed by atoms with E-state index in [2.05, 4.69) is 25.8 Å². The van der Waals surface area contributed by atoms with E-state index < -0.39 is 5.41 Å². The molecule has 2 nitrogen and oxygen atoms in total. The van der Waals surface area contributed by atoms with E-state index in [0.717, 1.165) is 41.0 Å². The van der Waals surface area contributed by atoms with Crippen molar-refractivity contribution in [3.8, 4) is 0 Å². The topological polar surface area (TPSA) is 30.0 Å². The summed E-state index contributed by atoms with van der Waals surface area (Å²) < 4.78 is 14.1. The lowest BCUT2D eigenvalue weighted by Crippen LogP contribution is -2.42. The number of carbonyl (C=O) groups excluding carboxylic acids is 1. The smallest absolute Gasteiger partial charge is 0.160 e. The number of benzene rings is 1. The van der Waals surface area contributed by atoms with Gasteiger partial charge in [-0.1, -0.05) is 38.5 Å². The van der Waals surface area contributed by atoms with Crippen molar-refractivity contribution in [3.63, 3.8) is 0 Å². The van der Waals surface area contributed by atoms with Crippen LogP contribution in [0.5, 0.6) is 0 Å². The average Bonchev–Trinajstić information content (AvgIpc) is 3.00. The summed E-state index contributed by atoms with van der Waals surface area (Å²) in [6.07, 6.45) is 2.94. The zero-order chi connectivity index (χ0) is 17.8. The molecule has 2 aliphatic carbocycles. The first kappa shape index (κ1) is 16.6. The van der Waals surface area contributed by atoms with Crippen LogP contribution in [0.15, 0.2) is 40.9 Å². The number of fused-ring (bicyclic) bond motifs is 1. The second-order valence-corrected chi connectivity index (χ2v) is 8.85. The molecule has 0 fully saturated rings. The van der Waals surface area contributed by atoms with Gasteiger partial charge in [0.05, 0.1) is 16.6 Å². The Morgan fingerprint density at radius 3 is 2.80 bits per heavy atom. The minimum absolute atomic E-state index is 0.0230. The normalized spacial score (nSPS) is 24.9. The van der Waals surface area contributed by atoms with Crippen molar-refractivity contribution in [2.75, 3.05) is 0 Å². The molecule has 1 atom stereocenters. The van der Waals surface area contributed by atoms with Crippen LogP contribution in [-0.4, -0.2) is 10.8 Å². The van der Waals surface area contributed by atoms with Crippen molar-refractivity contribution < 1.29 is 9.18 Å². The summed E-state index contributed by atoms with van der Waals surface area (Å²) in [7, 11) is 0. The first-order valence-electron chi connectivity index (χ1n) is 8.82. The number of hydrogen-bond donors (Lipinski definition) is 0. The first-order chi connectivity index (χ1) is 11.9. The summed E-state index contributed by atoms with van der Waals surface area (Å²) in [5.74, 6) is -0.0379. The summed E-state index contributed by atoms with van der Waals surface area (Å²) in [5, 5.41) is 0. The zero-order valence-corrected chi connectivity index (χ0v) is 15.7. The largest absolute Gasteiger partial charge is 0.294 e. The van der Waals surface area contributed by atoms with Crippen LogP contribution in [0.3, 0.4) is 0 Å². The average molecular weight is 355 g/mol. The molecule has 2 aromatic rings. The summed E-state index contributed by atoms with van der Waals surface area (Å²) in [4.78, 5) is 19.0. The molecule has 1 aromatic heterocycles. The standard InChI is InChI=1S/C21H22FNOS/c1-4-21(14-6-5-7-15(22)9-14)18-13(8-16-19(21)25-12-23-16)10-20(2,3)11-17(18)24/h5-7,9,12H,4,8,10-11H2,1-3H3. The number of ketones is 1. The van der Waals surface area contributed by atoms with Gasteiger partial charge in [-0.3, -0.25) is 4.79 Å². The van der Waals surface area contributed by atoms with E-state index in [1.54, 1.807) is 23.5 Å². The first-order valence-corrected chi connectivity index (χ1v) is 9.70. The molecule has 0 N–H and O–H groups in total. The fourth-order valence-electron chi connectivity index (χ4n) is 4.77. The molecule has 1 aromatic carbocycles. The van der Waals surface area contributed by atoms with E-state index in [1.807, 2.05) is 11.6 Å². The molecular weight excluding hydrogens is 333 g/mol. The van der Waals surface area contributed by atoms with E-state index in [-0.39, 0.29) is 17.0 Å². The molecule has 0 spiro atoms. The summed E-state index contributed by atoms with van der Waals surface area (Å²) >= 11 is 1.60. The van der Waals surface area contributed by atoms with E-state index in [9.17, 15) is 9.18 Å². The molecule has 1 heterocycles. The molecular formula is C21H22FNOS. The lowest BCUT2D eigenvalue weighted by atomic mass is 9.59. The van der Waals surface area contributed by atoms with Crippen LogP contribution < -0.4 is 0 Å². The number of rotatable bonds is 2. The third-order valence-electron chi connectivity index (χ3n) is 5.65. The second kappa shape index (κ2) is 5.60. The molecule has 0 amide bonds. The van der Waals surface area contributed by atoms with Crippen LogP contribution in [0.2, 0.25) is 0 Å². The van der Waals surface area contributed by atoms with Crippen molar-refractivity contribution in [3.05, 3.63) is 62.9 Å².